The zero-order valence-electron chi connectivity index (χ0n) is 14.2. The van der Waals surface area contributed by atoms with Crippen molar-refractivity contribution in [3.8, 4) is 5.75 Å². The first-order valence-electron chi connectivity index (χ1n) is 8.18. The van der Waals surface area contributed by atoms with E-state index >= 15 is 0 Å². The quantitative estimate of drug-likeness (QED) is 0.799. The van der Waals surface area contributed by atoms with Crippen molar-refractivity contribution in [2.24, 2.45) is 0 Å². The molecule has 6 nitrogen and oxygen atoms in total. The molecule has 1 unspecified atom stereocenters. The van der Waals surface area contributed by atoms with Crippen LogP contribution >= 0.6 is 0 Å². The first-order valence-corrected chi connectivity index (χ1v) is 8.18. The van der Waals surface area contributed by atoms with Crippen molar-refractivity contribution in [2.45, 2.75) is 44.1 Å². The monoisotopic (exact) mass is 335 g/mol. The van der Waals surface area contributed by atoms with Gasteiger partial charge in [0.25, 0.3) is 0 Å². The third kappa shape index (κ3) is 4.96. The number of amides is 1. The van der Waals surface area contributed by atoms with Crippen molar-refractivity contribution in [3.63, 3.8) is 0 Å². The molecule has 1 aromatic rings. The minimum atomic E-state index is -0.902. The topological polar surface area (TPSA) is 84.9 Å². The first-order chi connectivity index (χ1) is 11.4. The average Bonchev–Trinajstić information content (AvgIpc) is 2.54. The van der Waals surface area contributed by atoms with Gasteiger partial charge in [-0.3, -0.25) is 9.59 Å². The Kier molecular flexibility index (Phi) is 6.20. The van der Waals surface area contributed by atoms with E-state index in [1.807, 2.05) is 31.2 Å². The highest BCUT2D eigenvalue weighted by Gasteiger charge is 2.36. The van der Waals surface area contributed by atoms with Crippen LogP contribution in [0, 0.1) is 0 Å². The summed E-state index contributed by atoms with van der Waals surface area (Å²) in [6.45, 7) is 2.93. The summed E-state index contributed by atoms with van der Waals surface area (Å²) < 4.78 is 10.4. The van der Waals surface area contributed by atoms with Gasteiger partial charge in [0.1, 0.15) is 5.75 Å². The molecule has 1 aromatic carbocycles. The van der Waals surface area contributed by atoms with Crippen molar-refractivity contribution in [1.29, 1.82) is 0 Å². The smallest absolute Gasteiger partial charge is 0.305 e. The number of ether oxygens (including phenoxy) is 2. The summed E-state index contributed by atoms with van der Waals surface area (Å²) in [5, 5.41) is 12.1. The summed E-state index contributed by atoms with van der Waals surface area (Å²) in [6, 6.07) is 7.62. The number of methoxy groups -OCH3 is 1. The molecule has 0 saturated carbocycles. The van der Waals surface area contributed by atoms with Crippen LogP contribution in [-0.2, 0) is 14.3 Å². The second-order valence-corrected chi connectivity index (χ2v) is 6.39. The molecule has 0 bridgehead atoms. The number of carbonyl (C=O) groups excluding carboxylic acids is 1. The molecule has 1 fully saturated rings. The Morgan fingerprint density at radius 2 is 1.92 bits per heavy atom. The van der Waals surface area contributed by atoms with E-state index < -0.39 is 11.5 Å². The molecular weight excluding hydrogens is 310 g/mol. The molecule has 2 rings (SSSR count). The van der Waals surface area contributed by atoms with E-state index in [1.165, 1.54) is 0 Å². The van der Waals surface area contributed by atoms with E-state index in [2.05, 4.69) is 5.32 Å². The van der Waals surface area contributed by atoms with Crippen molar-refractivity contribution in [3.05, 3.63) is 29.8 Å². The molecule has 1 heterocycles. The Hall–Kier alpha value is -2.08. The van der Waals surface area contributed by atoms with Gasteiger partial charge in [0, 0.05) is 19.6 Å². The van der Waals surface area contributed by atoms with Crippen molar-refractivity contribution >= 4 is 11.9 Å². The van der Waals surface area contributed by atoms with Crippen LogP contribution < -0.4 is 10.1 Å². The lowest BCUT2D eigenvalue weighted by atomic mass is 9.86. The SMILES string of the molecule is COc1ccc(C(C)CC(=O)NC2(CC(=O)O)CCOCC2)cc1. The van der Waals surface area contributed by atoms with Crippen LogP contribution in [0.1, 0.15) is 44.1 Å². The van der Waals surface area contributed by atoms with Gasteiger partial charge in [-0.1, -0.05) is 19.1 Å². The van der Waals surface area contributed by atoms with Gasteiger partial charge >= 0.3 is 5.97 Å². The van der Waals surface area contributed by atoms with Crippen LogP contribution in [0.4, 0.5) is 0 Å². The van der Waals surface area contributed by atoms with Gasteiger partial charge in [0.15, 0.2) is 0 Å². The Morgan fingerprint density at radius 1 is 1.29 bits per heavy atom. The second-order valence-electron chi connectivity index (χ2n) is 6.39. The molecule has 132 valence electrons. The van der Waals surface area contributed by atoms with E-state index in [0.29, 0.717) is 32.5 Å². The molecule has 24 heavy (non-hydrogen) atoms. The molecule has 0 aliphatic carbocycles. The minimum absolute atomic E-state index is 0.0395. The van der Waals surface area contributed by atoms with Crippen LogP contribution in [0.3, 0.4) is 0 Å². The van der Waals surface area contributed by atoms with Gasteiger partial charge in [-0.05, 0) is 36.5 Å². The van der Waals surface area contributed by atoms with Gasteiger partial charge in [-0.15, -0.1) is 0 Å². The van der Waals surface area contributed by atoms with E-state index in [4.69, 9.17) is 14.6 Å². The highest BCUT2D eigenvalue weighted by molar-refractivity contribution is 5.79. The number of hydrogen-bond acceptors (Lipinski definition) is 4. The zero-order chi connectivity index (χ0) is 17.6. The number of hydrogen-bond donors (Lipinski definition) is 2. The lowest BCUT2D eigenvalue weighted by Gasteiger charge is -2.37. The fourth-order valence-electron chi connectivity index (χ4n) is 3.07. The fourth-order valence-corrected chi connectivity index (χ4v) is 3.07. The van der Waals surface area contributed by atoms with Gasteiger partial charge < -0.3 is 19.9 Å². The average molecular weight is 335 g/mol. The molecule has 1 aliphatic heterocycles. The largest absolute Gasteiger partial charge is 0.497 e. The number of rotatable bonds is 7. The minimum Gasteiger partial charge on any atom is -0.497 e. The Morgan fingerprint density at radius 3 is 2.46 bits per heavy atom. The van der Waals surface area contributed by atoms with E-state index in [0.717, 1.165) is 11.3 Å². The van der Waals surface area contributed by atoms with Gasteiger partial charge in [-0.2, -0.15) is 0 Å². The number of carboxylic acid groups (broad SMARTS) is 1. The van der Waals surface area contributed by atoms with E-state index in [9.17, 15) is 9.59 Å². The maximum atomic E-state index is 12.4. The Balaban J connectivity index is 1.97. The lowest BCUT2D eigenvalue weighted by Crippen LogP contribution is -2.53. The maximum absolute atomic E-state index is 12.4. The Labute approximate surface area is 142 Å². The number of carboxylic acids is 1. The van der Waals surface area contributed by atoms with Crippen LogP contribution in [0.15, 0.2) is 24.3 Å². The molecule has 0 spiro atoms. The molecule has 1 aliphatic rings. The highest BCUT2D eigenvalue weighted by Crippen LogP contribution is 2.26. The molecule has 2 N–H and O–H groups in total. The third-order valence-electron chi connectivity index (χ3n) is 4.52. The van der Waals surface area contributed by atoms with Crippen molar-refractivity contribution in [1.82, 2.24) is 5.32 Å². The number of aliphatic carboxylic acids is 1. The summed E-state index contributed by atoms with van der Waals surface area (Å²) in [7, 11) is 1.61. The molecular formula is C18H25NO5. The van der Waals surface area contributed by atoms with Crippen LogP contribution in [-0.4, -0.2) is 42.8 Å². The second kappa shape index (κ2) is 8.15. The summed E-state index contributed by atoms with van der Waals surface area (Å²) in [6.07, 6.45) is 1.30. The lowest BCUT2D eigenvalue weighted by molar-refractivity contribution is -0.140. The third-order valence-corrected chi connectivity index (χ3v) is 4.52. The zero-order valence-corrected chi connectivity index (χ0v) is 14.2. The van der Waals surface area contributed by atoms with Crippen LogP contribution in [0.25, 0.3) is 0 Å². The molecule has 1 atom stereocenters. The predicted octanol–water partition coefficient (Wildman–Crippen LogP) is 2.33. The van der Waals surface area contributed by atoms with Crippen LogP contribution in [0.2, 0.25) is 0 Å². The van der Waals surface area contributed by atoms with Crippen molar-refractivity contribution in [2.75, 3.05) is 20.3 Å². The summed E-state index contributed by atoms with van der Waals surface area (Å²) >= 11 is 0. The number of nitrogens with one attached hydrogen (secondary N) is 1. The van der Waals surface area contributed by atoms with Gasteiger partial charge in [-0.25, -0.2) is 0 Å². The Bertz CT molecular complexity index is 563. The number of carbonyl (C=O) groups is 2. The molecule has 6 heteroatoms. The normalized spacial score (nSPS) is 17.8. The van der Waals surface area contributed by atoms with E-state index in [1.54, 1.807) is 7.11 Å². The molecule has 1 amide bonds. The van der Waals surface area contributed by atoms with Crippen molar-refractivity contribution < 1.29 is 24.2 Å². The van der Waals surface area contributed by atoms with E-state index in [-0.39, 0.29) is 18.2 Å². The molecule has 1 saturated heterocycles. The maximum Gasteiger partial charge on any atom is 0.305 e. The molecule has 0 aromatic heterocycles. The van der Waals surface area contributed by atoms with Gasteiger partial charge in [0.05, 0.1) is 19.1 Å². The van der Waals surface area contributed by atoms with Crippen LogP contribution in [0.5, 0.6) is 5.75 Å². The summed E-state index contributed by atoms with van der Waals surface area (Å²) in [4.78, 5) is 23.6. The first kappa shape index (κ1) is 18.3. The summed E-state index contributed by atoms with van der Waals surface area (Å²) in [5.74, 6) is -0.211. The molecule has 0 radical (unpaired) electrons. The fraction of sp³-hybridized carbons (Fsp3) is 0.556. The van der Waals surface area contributed by atoms with Gasteiger partial charge in [0.2, 0.25) is 5.91 Å². The standard InChI is InChI=1S/C18H25NO5/c1-13(14-3-5-15(23-2)6-4-14)11-16(20)19-18(12-17(21)22)7-9-24-10-8-18/h3-6,13H,7-12H2,1-2H3,(H,19,20)(H,21,22). The number of benzene rings is 1. The summed E-state index contributed by atoms with van der Waals surface area (Å²) in [5.41, 5.74) is 0.353. The highest BCUT2D eigenvalue weighted by atomic mass is 16.5. The predicted molar refractivity (Wildman–Crippen MR) is 89.2 cm³/mol.